The van der Waals surface area contributed by atoms with Crippen molar-refractivity contribution < 1.29 is 9.53 Å². The van der Waals surface area contributed by atoms with Crippen LogP contribution in [0.1, 0.15) is 18.5 Å². The van der Waals surface area contributed by atoms with Gasteiger partial charge in [-0.25, -0.2) is 0 Å². The van der Waals surface area contributed by atoms with Crippen LogP contribution in [0.2, 0.25) is 10.0 Å². The van der Waals surface area contributed by atoms with Crippen molar-refractivity contribution in [3.63, 3.8) is 0 Å². The summed E-state index contributed by atoms with van der Waals surface area (Å²) >= 11 is 11.7. The summed E-state index contributed by atoms with van der Waals surface area (Å²) < 4.78 is 5.39. The van der Waals surface area contributed by atoms with Gasteiger partial charge < -0.3 is 10.1 Å². The van der Waals surface area contributed by atoms with Crippen molar-refractivity contribution in [1.82, 2.24) is 5.32 Å². The fourth-order valence-corrected chi connectivity index (χ4v) is 2.11. The first kappa shape index (κ1) is 15.7. The Labute approximate surface area is 133 Å². The molecule has 21 heavy (non-hydrogen) atoms. The third kappa shape index (κ3) is 4.66. The Bertz CT molecular complexity index is 617. The summed E-state index contributed by atoms with van der Waals surface area (Å²) in [6, 6.07) is 14.5. The van der Waals surface area contributed by atoms with E-state index in [2.05, 4.69) is 5.32 Å². The SMILES string of the molecule is C[C@H](NC(=O)COc1ccc(Cl)c(Cl)c1)c1ccccc1. The summed E-state index contributed by atoms with van der Waals surface area (Å²) in [6.07, 6.45) is 0. The average molecular weight is 324 g/mol. The molecule has 0 saturated heterocycles. The number of hydrogen-bond donors (Lipinski definition) is 1. The number of nitrogens with one attached hydrogen (secondary N) is 1. The van der Waals surface area contributed by atoms with Gasteiger partial charge in [0.1, 0.15) is 5.75 Å². The zero-order chi connectivity index (χ0) is 15.2. The highest BCUT2D eigenvalue weighted by Gasteiger charge is 2.10. The van der Waals surface area contributed by atoms with Gasteiger partial charge in [-0.3, -0.25) is 4.79 Å². The minimum atomic E-state index is -0.197. The molecule has 0 bridgehead atoms. The molecule has 1 amide bonds. The molecule has 3 nitrogen and oxygen atoms in total. The van der Waals surface area contributed by atoms with E-state index in [1.807, 2.05) is 37.3 Å². The molecule has 0 fully saturated rings. The lowest BCUT2D eigenvalue weighted by molar-refractivity contribution is -0.123. The topological polar surface area (TPSA) is 38.3 Å². The Hall–Kier alpha value is -1.71. The van der Waals surface area contributed by atoms with Crippen LogP contribution >= 0.6 is 23.2 Å². The molecule has 0 saturated carbocycles. The number of carbonyl (C=O) groups excluding carboxylic acids is 1. The standard InChI is InChI=1S/C16H15Cl2NO2/c1-11(12-5-3-2-4-6-12)19-16(20)10-21-13-7-8-14(17)15(18)9-13/h2-9,11H,10H2,1H3,(H,19,20)/t11-/m0/s1. The van der Waals surface area contributed by atoms with Gasteiger partial charge in [-0.2, -0.15) is 0 Å². The zero-order valence-corrected chi connectivity index (χ0v) is 13.0. The van der Waals surface area contributed by atoms with Crippen molar-refractivity contribution >= 4 is 29.1 Å². The van der Waals surface area contributed by atoms with Crippen molar-refractivity contribution in [1.29, 1.82) is 0 Å². The Kier molecular flexibility index (Phi) is 5.48. The highest BCUT2D eigenvalue weighted by Crippen LogP contribution is 2.26. The summed E-state index contributed by atoms with van der Waals surface area (Å²) in [7, 11) is 0. The molecule has 0 heterocycles. The lowest BCUT2D eigenvalue weighted by Crippen LogP contribution is -2.31. The second-order valence-corrected chi connectivity index (χ2v) is 5.38. The average Bonchev–Trinajstić information content (AvgIpc) is 2.49. The van der Waals surface area contributed by atoms with Gasteiger partial charge in [-0.05, 0) is 24.6 Å². The Morgan fingerprint density at radius 3 is 2.52 bits per heavy atom. The van der Waals surface area contributed by atoms with Gasteiger partial charge in [0.2, 0.25) is 0 Å². The summed E-state index contributed by atoms with van der Waals surface area (Å²) in [6.45, 7) is 1.85. The Balaban J connectivity index is 1.86. The minimum absolute atomic E-state index is 0.0731. The molecule has 5 heteroatoms. The van der Waals surface area contributed by atoms with E-state index in [4.69, 9.17) is 27.9 Å². The van der Waals surface area contributed by atoms with E-state index in [-0.39, 0.29) is 18.6 Å². The van der Waals surface area contributed by atoms with E-state index in [1.54, 1.807) is 18.2 Å². The van der Waals surface area contributed by atoms with Gasteiger partial charge in [0.25, 0.3) is 5.91 Å². The van der Waals surface area contributed by atoms with E-state index < -0.39 is 0 Å². The molecule has 2 aromatic rings. The molecular weight excluding hydrogens is 309 g/mol. The number of ether oxygens (including phenoxy) is 1. The third-order valence-electron chi connectivity index (χ3n) is 2.94. The fourth-order valence-electron chi connectivity index (χ4n) is 1.82. The first-order valence-corrected chi connectivity index (χ1v) is 7.24. The minimum Gasteiger partial charge on any atom is -0.484 e. The molecule has 0 aromatic heterocycles. The van der Waals surface area contributed by atoms with Crippen molar-refractivity contribution in [2.24, 2.45) is 0 Å². The molecule has 0 aliphatic heterocycles. The molecular formula is C16H15Cl2NO2. The van der Waals surface area contributed by atoms with Crippen LogP contribution in [-0.4, -0.2) is 12.5 Å². The van der Waals surface area contributed by atoms with Crippen molar-refractivity contribution in [2.75, 3.05) is 6.61 Å². The second-order valence-electron chi connectivity index (χ2n) is 4.56. The first-order valence-electron chi connectivity index (χ1n) is 6.48. The number of hydrogen-bond acceptors (Lipinski definition) is 2. The molecule has 2 aromatic carbocycles. The molecule has 2 rings (SSSR count). The normalized spacial score (nSPS) is 11.8. The molecule has 0 aliphatic carbocycles. The predicted molar refractivity (Wildman–Crippen MR) is 85.0 cm³/mol. The van der Waals surface area contributed by atoms with Crippen molar-refractivity contribution in [3.05, 3.63) is 64.1 Å². The fraction of sp³-hybridized carbons (Fsp3) is 0.188. The molecule has 1 atom stereocenters. The van der Waals surface area contributed by atoms with Crippen LogP contribution < -0.4 is 10.1 Å². The van der Waals surface area contributed by atoms with Crippen LogP contribution in [0.15, 0.2) is 48.5 Å². The first-order chi connectivity index (χ1) is 10.1. The number of benzene rings is 2. The largest absolute Gasteiger partial charge is 0.484 e. The summed E-state index contributed by atoms with van der Waals surface area (Å²) in [4.78, 5) is 11.9. The number of carbonyl (C=O) groups is 1. The van der Waals surface area contributed by atoms with E-state index in [0.29, 0.717) is 15.8 Å². The van der Waals surface area contributed by atoms with Crippen molar-refractivity contribution in [3.8, 4) is 5.75 Å². The zero-order valence-electron chi connectivity index (χ0n) is 11.5. The van der Waals surface area contributed by atoms with E-state index in [1.165, 1.54) is 0 Å². The maximum Gasteiger partial charge on any atom is 0.258 e. The highest BCUT2D eigenvalue weighted by atomic mass is 35.5. The number of rotatable bonds is 5. The number of amides is 1. The molecule has 0 radical (unpaired) electrons. The monoisotopic (exact) mass is 323 g/mol. The van der Waals surface area contributed by atoms with Crippen LogP contribution in [0.4, 0.5) is 0 Å². The smallest absolute Gasteiger partial charge is 0.258 e. The van der Waals surface area contributed by atoms with Gasteiger partial charge in [-0.1, -0.05) is 53.5 Å². The lowest BCUT2D eigenvalue weighted by atomic mass is 10.1. The lowest BCUT2D eigenvalue weighted by Gasteiger charge is -2.14. The van der Waals surface area contributed by atoms with E-state index in [0.717, 1.165) is 5.56 Å². The molecule has 0 spiro atoms. The predicted octanol–water partition coefficient (Wildman–Crippen LogP) is 4.25. The molecule has 110 valence electrons. The summed E-state index contributed by atoms with van der Waals surface area (Å²) in [5.74, 6) is 0.310. The van der Waals surface area contributed by atoms with Gasteiger partial charge in [0.15, 0.2) is 6.61 Å². The van der Waals surface area contributed by atoms with Gasteiger partial charge in [0.05, 0.1) is 16.1 Å². The van der Waals surface area contributed by atoms with Crippen LogP contribution in [0.3, 0.4) is 0 Å². The molecule has 0 unspecified atom stereocenters. The Morgan fingerprint density at radius 1 is 1.14 bits per heavy atom. The maximum absolute atomic E-state index is 11.9. The van der Waals surface area contributed by atoms with Gasteiger partial charge in [-0.15, -0.1) is 0 Å². The van der Waals surface area contributed by atoms with Crippen LogP contribution in [0.5, 0.6) is 5.75 Å². The molecule has 0 aliphatic rings. The van der Waals surface area contributed by atoms with Gasteiger partial charge >= 0.3 is 0 Å². The quantitative estimate of drug-likeness (QED) is 0.893. The van der Waals surface area contributed by atoms with Crippen LogP contribution in [0.25, 0.3) is 0 Å². The van der Waals surface area contributed by atoms with Gasteiger partial charge in [0, 0.05) is 6.07 Å². The maximum atomic E-state index is 11.9. The van der Waals surface area contributed by atoms with Crippen molar-refractivity contribution in [2.45, 2.75) is 13.0 Å². The third-order valence-corrected chi connectivity index (χ3v) is 3.68. The second kappa shape index (κ2) is 7.34. The van der Waals surface area contributed by atoms with Crippen LogP contribution in [0, 0.1) is 0 Å². The molecule has 1 N–H and O–H groups in total. The highest BCUT2D eigenvalue weighted by molar-refractivity contribution is 6.42. The number of halogens is 2. The summed E-state index contributed by atoms with van der Waals surface area (Å²) in [5.41, 5.74) is 1.04. The van der Waals surface area contributed by atoms with E-state index >= 15 is 0 Å². The summed E-state index contributed by atoms with van der Waals surface area (Å²) in [5, 5.41) is 3.72. The van der Waals surface area contributed by atoms with Crippen LogP contribution in [-0.2, 0) is 4.79 Å². The van der Waals surface area contributed by atoms with E-state index in [9.17, 15) is 4.79 Å². The Morgan fingerprint density at radius 2 is 1.86 bits per heavy atom.